The van der Waals surface area contributed by atoms with E-state index in [1.807, 2.05) is 59.5 Å². The Hall–Kier alpha value is -3.59. The molecule has 2 aliphatic heterocycles. The molecule has 2 aromatic rings. The Kier molecular flexibility index (Phi) is 7.79. The van der Waals surface area contributed by atoms with Crippen LogP contribution in [0.2, 0.25) is 5.02 Å². The van der Waals surface area contributed by atoms with Crippen LogP contribution in [0.15, 0.2) is 54.6 Å². The maximum atomic E-state index is 13.7. The number of nitrogens with two attached hydrogens (primary N) is 1. The first-order valence-electron chi connectivity index (χ1n) is 12.0. The molecule has 4 rings (SSSR count). The summed E-state index contributed by atoms with van der Waals surface area (Å²) in [7, 11) is 0. The zero-order valence-electron chi connectivity index (χ0n) is 20.0. The molecular formula is C26H30ClN5O4. The van der Waals surface area contributed by atoms with Crippen LogP contribution >= 0.6 is 11.6 Å². The average Bonchev–Trinajstić information content (AvgIpc) is 3.15. The monoisotopic (exact) mass is 511 g/mol. The molecule has 0 radical (unpaired) electrons. The zero-order chi connectivity index (χ0) is 25.7. The number of likely N-dealkylation sites (tertiary alicyclic amines) is 1. The van der Waals surface area contributed by atoms with Crippen molar-refractivity contribution >= 4 is 40.9 Å². The van der Waals surface area contributed by atoms with Crippen LogP contribution in [0.1, 0.15) is 24.8 Å². The van der Waals surface area contributed by atoms with E-state index in [1.165, 1.54) is 0 Å². The highest BCUT2D eigenvalue weighted by atomic mass is 35.5. The molecule has 2 aliphatic rings. The molecule has 0 atom stereocenters. The third kappa shape index (κ3) is 5.46. The number of piperidine rings is 1. The van der Waals surface area contributed by atoms with Crippen molar-refractivity contribution in [2.45, 2.75) is 31.2 Å². The lowest BCUT2D eigenvalue weighted by molar-refractivity contribution is -0.139. The number of amides is 4. The predicted octanol–water partition coefficient (Wildman–Crippen LogP) is 1.54. The number of hydrogen-bond donors (Lipinski definition) is 2. The third-order valence-corrected chi connectivity index (χ3v) is 7.21. The number of aryl methyl sites for hydroxylation is 1. The van der Waals surface area contributed by atoms with Crippen LogP contribution in [0.3, 0.4) is 0 Å². The van der Waals surface area contributed by atoms with Crippen LogP contribution in [0.25, 0.3) is 0 Å². The fraction of sp³-hybridized carbons (Fsp3) is 0.385. The molecule has 1 spiro atoms. The van der Waals surface area contributed by atoms with Gasteiger partial charge in [-0.15, -0.1) is 0 Å². The van der Waals surface area contributed by atoms with Crippen molar-refractivity contribution in [1.82, 2.24) is 15.1 Å². The number of hydrogen-bond acceptors (Lipinski definition) is 5. The summed E-state index contributed by atoms with van der Waals surface area (Å²) >= 11 is 5.94. The van der Waals surface area contributed by atoms with E-state index in [2.05, 4.69) is 10.2 Å². The van der Waals surface area contributed by atoms with Crippen LogP contribution in [0.5, 0.6) is 0 Å². The predicted molar refractivity (Wildman–Crippen MR) is 136 cm³/mol. The van der Waals surface area contributed by atoms with Crippen molar-refractivity contribution in [2.75, 3.05) is 37.7 Å². The largest absolute Gasteiger partial charge is 0.361 e. The molecule has 0 unspecified atom stereocenters. The maximum absolute atomic E-state index is 13.7. The Morgan fingerprint density at radius 2 is 1.67 bits per heavy atom. The fourth-order valence-corrected chi connectivity index (χ4v) is 5.08. The van der Waals surface area contributed by atoms with Crippen molar-refractivity contribution in [3.05, 3.63) is 65.2 Å². The third-order valence-electron chi connectivity index (χ3n) is 6.96. The van der Waals surface area contributed by atoms with Gasteiger partial charge in [-0.3, -0.25) is 19.2 Å². The number of benzene rings is 2. The smallest absolute Gasteiger partial charge is 0.309 e. The second-order valence-corrected chi connectivity index (χ2v) is 9.57. The molecule has 0 aromatic heterocycles. The molecule has 2 fully saturated rings. The summed E-state index contributed by atoms with van der Waals surface area (Å²) in [6, 6.07) is 17.2. The van der Waals surface area contributed by atoms with E-state index in [9.17, 15) is 19.2 Å². The van der Waals surface area contributed by atoms with Crippen LogP contribution < -0.4 is 16.0 Å². The highest BCUT2D eigenvalue weighted by molar-refractivity contribution is 6.34. The van der Waals surface area contributed by atoms with Crippen LogP contribution in [0, 0.1) is 0 Å². The van der Waals surface area contributed by atoms with E-state index in [0.29, 0.717) is 50.5 Å². The van der Waals surface area contributed by atoms with Gasteiger partial charge in [0, 0.05) is 43.3 Å². The second kappa shape index (κ2) is 11.0. The summed E-state index contributed by atoms with van der Waals surface area (Å²) in [6.45, 7) is 1.72. The number of carbonyl (C=O) groups excluding carboxylic acids is 4. The molecule has 0 bridgehead atoms. The SMILES string of the molecule is NC(=O)C(=O)NCCN1CN(c2ccccc2)C2(CCN(C(=O)CCc3ccc(Cl)cc3)CC2)C1=O. The lowest BCUT2D eigenvalue weighted by Gasteiger charge is -2.43. The first kappa shape index (κ1) is 25.5. The minimum absolute atomic E-state index is 0.0343. The lowest BCUT2D eigenvalue weighted by Crippen LogP contribution is -2.57. The first-order chi connectivity index (χ1) is 17.3. The zero-order valence-corrected chi connectivity index (χ0v) is 20.7. The van der Waals surface area contributed by atoms with Gasteiger partial charge in [0.1, 0.15) is 5.54 Å². The van der Waals surface area contributed by atoms with E-state index in [-0.39, 0.29) is 24.9 Å². The van der Waals surface area contributed by atoms with Gasteiger partial charge in [-0.1, -0.05) is 41.9 Å². The summed E-state index contributed by atoms with van der Waals surface area (Å²) in [6.07, 6.45) is 2.06. The molecule has 9 nitrogen and oxygen atoms in total. The fourth-order valence-electron chi connectivity index (χ4n) is 4.95. The van der Waals surface area contributed by atoms with Gasteiger partial charge in [-0.05, 0) is 49.1 Å². The number of rotatable bonds is 7. The molecule has 0 saturated carbocycles. The quantitative estimate of drug-likeness (QED) is 0.547. The summed E-state index contributed by atoms with van der Waals surface area (Å²) in [5.41, 5.74) is 6.21. The Morgan fingerprint density at radius 1 is 1.00 bits per heavy atom. The highest BCUT2D eigenvalue weighted by Crippen LogP contribution is 2.39. The minimum atomic E-state index is -1.06. The van der Waals surface area contributed by atoms with Gasteiger partial charge in [-0.25, -0.2) is 0 Å². The van der Waals surface area contributed by atoms with E-state index in [1.54, 1.807) is 4.90 Å². The Morgan fingerprint density at radius 3 is 2.31 bits per heavy atom. The van der Waals surface area contributed by atoms with Gasteiger partial charge in [0.2, 0.25) is 11.8 Å². The van der Waals surface area contributed by atoms with Crippen LogP contribution in [-0.4, -0.2) is 71.8 Å². The molecule has 3 N–H and O–H groups in total. The number of halogens is 1. The van der Waals surface area contributed by atoms with Gasteiger partial charge in [0.15, 0.2) is 0 Å². The molecule has 2 saturated heterocycles. The first-order valence-corrected chi connectivity index (χ1v) is 12.4. The summed E-state index contributed by atoms with van der Waals surface area (Å²) in [5.74, 6) is -1.89. The number of para-hydroxylation sites is 1. The minimum Gasteiger partial charge on any atom is -0.361 e. The van der Waals surface area contributed by atoms with Gasteiger partial charge < -0.3 is 25.8 Å². The van der Waals surface area contributed by atoms with Gasteiger partial charge in [0.25, 0.3) is 0 Å². The lowest BCUT2D eigenvalue weighted by atomic mass is 9.85. The molecule has 2 heterocycles. The van der Waals surface area contributed by atoms with Gasteiger partial charge in [0.05, 0.1) is 6.67 Å². The number of nitrogens with one attached hydrogen (secondary N) is 1. The van der Waals surface area contributed by atoms with E-state index in [0.717, 1.165) is 11.3 Å². The Bertz CT molecular complexity index is 1120. The average molecular weight is 512 g/mol. The van der Waals surface area contributed by atoms with E-state index < -0.39 is 17.4 Å². The van der Waals surface area contributed by atoms with Crippen molar-refractivity contribution in [1.29, 1.82) is 0 Å². The summed E-state index contributed by atoms with van der Waals surface area (Å²) < 4.78 is 0. The van der Waals surface area contributed by atoms with Crippen molar-refractivity contribution in [3.63, 3.8) is 0 Å². The van der Waals surface area contributed by atoms with Crippen LogP contribution in [0.4, 0.5) is 5.69 Å². The van der Waals surface area contributed by atoms with E-state index >= 15 is 0 Å². The maximum Gasteiger partial charge on any atom is 0.309 e. The number of anilines is 1. The van der Waals surface area contributed by atoms with Gasteiger partial charge in [-0.2, -0.15) is 0 Å². The van der Waals surface area contributed by atoms with Crippen molar-refractivity contribution in [3.8, 4) is 0 Å². The Balaban J connectivity index is 1.41. The highest BCUT2D eigenvalue weighted by Gasteiger charge is 2.53. The molecule has 10 heteroatoms. The summed E-state index contributed by atoms with van der Waals surface area (Å²) in [4.78, 5) is 54.7. The molecule has 36 heavy (non-hydrogen) atoms. The molecule has 0 aliphatic carbocycles. The molecular weight excluding hydrogens is 482 g/mol. The Labute approximate surface area is 215 Å². The topological polar surface area (TPSA) is 116 Å². The van der Waals surface area contributed by atoms with Crippen molar-refractivity contribution in [2.24, 2.45) is 5.73 Å². The van der Waals surface area contributed by atoms with Crippen molar-refractivity contribution < 1.29 is 19.2 Å². The number of carbonyl (C=O) groups is 4. The molecule has 190 valence electrons. The number of primary amides is 1. The molecule has 4 amide bonds. The normalized spacial score (nSPS) is 16.9. The molecule has 2 aromatic carbocycles. The van der Waals surface area contributed by atoms with Gasteiger partial charge >= 0.3 is 11.8 Å². The van der Waals surface area contributed by atoms with E-state index in [4.69, 9.17) is 17.3 Å². The second-order valence-electron chi connectivity index (χ2n) is 9.13. The number of nitrogens with zero attached hydrogens (tertiary/aromatic N) is 3. The summed E-state index contributed by atoms with van der Waals surface area (Å²) in [5, 5.41) is 3.11. The van der Waals surface area contributed by atoms with Crippen LogP contribution in [-0.2, 0) is 25.6 Å². The standard InChI is InChI=1S/C26H30ClN5O4/c27-20-9-6-19(7-10-20)8-11-22(33)30-15-12-26(13-16-30)25(36)31(17-14-29-24(35)23(28)34)18-32(26)21-4-2-1-3-5-21/h1-7,9-10H,8,11-18H2,(H2,28,34)(H,29,35).